The van der Waals surface area contributed by atoms with Crippen LogP contribution in [0.1, 0.15) is 27.0 Å². The lowest BCUT2D eigenvalue weighted by atomic mass is 10.1. The van der Waals surface area contributed by atoms with Crippen LogP contribution in [0.15, 0.2) is 66.2 Å². The Kier molecular flexibility index (Phi) is 4.44. The van der Waals surface area contributed by atoms with Gasteiger partial charge in [0.1, 0.15) is 11.5 Å². The Balaban J connectivity index is 1.72. The van der Waals surface area contributed by atoms with Gasteiger partial charge < -0.3 is 5.32 Å². The Labute approximate surface area is 157 Å². The van der Waals surface area contributed by atoms with E-state index in [0.29, 0.717) is 5.65 Å². The second kappa shape index (κ2) is 6.90. The van der Waals surface area contributed by atoms with Gasteiger partial charge in [-0.2, -0.15) is 0 Å². The number of thiophene rings is 1. The fourth-order valence-electron chi connectivity index (χ4n) is 2.80. The van der Waals surface area contributed by atoms with Crippen molar-refractivity contribution in [2.75, 3.05) is 0 Å². The molecule has 0 bridgehead atoms. The molecule has 26 heavy (non-hydrogen) atoms. The number of pyridine rings is 1. The van der Waals surface area contributed by atoms with E-state index in [1.165, 1.54) is 23.5 Å². The van der Waals surface area contributed by atoms with Gasteiger partial charge in [0.2, 0.25) is 0 Å². The van der Waals surface area contributed by atoms with Gasteiger partial charge in [0.15, 0.2) is 10.8 Å². The van der Waals surface area contributed by atoms with Gasteiger partial charge in [-0.25, -0.2) is 9.37 Å². The third-order valence-corrected chi connectivity index (χ3v) is 5.21. The molecule has 7 heteroatoms. The van der Waals surface area contributed by atoms with Crippen molar-refractivity contribution in [3.63, 3.8) is 0 Å². The topological polar surface area (TPSA) is 46.4 Å². The first kappa shape index (κ1) is 16.8. The molecular weight excluding hydrogens is 373 g/mol. The fraction of sp³-hybridized carbons (Fsp3) is 0.0526. The van der Waals surface area contributed by atoms with Gasteiger partial charge in [-0.3, -0.25) is 9.20 Å². The van der Waals surface area contributed by atoms with Gasteiger partial charge in [-0.1, -0.05) is 35.9 Å². The van der Waals surface area contributed by atoms with Crippen molar-refractivity contribution in [3.8, 4) is 0 Å². The van der Waals surface area contributed by atoms with E-state index >= 15 is 0 Å². The van der Waals surface area contributed by atoms with E-state index in [-0.39, 0.29) is 22.6 Å². The summed E-state index contributed by atoms with van der Waals surface area (Å²) in [6.07, 6.45) is 1.74. The van der Waals surface area contributed by atoms with Crippen molar-refractivity contribution in [2.24, 2.45) is 0 Å². The minimum Gasteiger partial charge on any atom is -0.339 e. The molecule has 3 aromatic heterocycles. The molecule has 4 nitrogen and oxygen atoms in total. The van der Waals surface area contributed by atoms with Gasteiger partial charge in [-0.05, 0) is 41.3 Å². The van der Waals surface area contributed by atoms with Crippen molar-refractivity contribution in [1.82, 2.24) is 14.7 Å². The Bertz CT molecular complexity index is 1060. The zero-order valence-electron chi connectivity index (χ0n) is 13.4. The Hall–Kier alpha value is -2.70. The zero-order chi connectivity index (χ0) is 18.1. The Morgan fingerprint density at radius 3 is 2.69 bits per heavy atom. The molecule has 0 radical (unpaired) electrons. The molecule has 130 valence electrons. The van der Waals surface area contributed by atoms with Gasteiger partial charge in [0.05, 0.1) is 6.04 Å². The molecule has 1 unspecified atom stereocenters. The lowest BCUT2D eigenvalue weighted by Crippen LogP contribution is -2.30. The van der Waals surface area contributed by atoms with Gasteiger partial charge in [-0.15, -0.1) is 11.3 Å². The van der Waals surface area contributed by atoms with Crippen LogP contribution in [-0.2, 0) is 0 Å². The maximum atomic E-state index is 13.3. The summed E-state index contributed by atoms with van der Waals surface area (Å²) < 4.78 is 14.9. The lowest BCUT2D eigenvalue weighted by molar-refractivity contribution is 0.0938. The minimum atomic E-state index is -0.409. The number of benzene rings is 1. The van der Waals surface area contributed by atoms with Crippen LogP contribution < -0.4 is 5.32 Å². The number of rotatable bonds is 4. The summed E-state index contributed by atoms with van der Waals surface area (Å²) in [5, 5.41) is 5.06. The number of carbonyl (C=O) groups excluding carboxylic acids is 1. The summed E-state index contributed by atoms with van der Waals surface area (Å²) in [6, 6.07) is 14.9. The number of hydrogen-bond acceptors (Lipinski definition) is 3. The Morgan fingerprint density at radius 2 is 1.96 bits per heavy atom. The van der Waals surface area contributed by atoms with Crippen LogP contribution in [0.25, 0.3) is 5.65 Å². The number of carbonyl (C=O) groups is 1. The van der Waals surface area contributed by atoms with E-state index < -0.39 is 6.04 Å². The number of imidazole rings is 1. The predicted octanol–water partition coefficient (Wildman–Crippen LogP) is 4.71. The molecule has 0 spiro atoms. The normalized spacial score (nSPS) is 12.2. The number of halogens is 2. The van der Waals surface area contributed by atoms with E-state index in [2.05, 4.69) is 10.3 Å². The average Bonchev–Trinajstić information content (AvgIpc) is 3.27. The molecule has 1 aromatic carbocycles. The molecule has 0 saturated carbocycles. The highest BCUT2D eigenvalue weighted by Crippen LogP contribution is 2.27. The first-order valence-electron chi connectivity index (χ1n) is 7.86. The van der Waals surface area contributed by atoms with Crippen LogP contribution >= 0.6 is 22.9 Å². The zero-order valence-corrected chi connectivity index (χ0v) is 15.0. The molecular formula is C19H13ClFN3OS. The molecule has 1 amide bonds. The molecule has 0 saturated heterocycles. The number of nitrogens with one attached hydrogen (secondary N) is 1. The molecule has 0 aliphatic rings. The van der Waals surface area contributed by atoms with Gasteiger partial charge >= 0.3 is 0 Å². The first-order valence-corrected chi connectivity index (χ1v) is 9.11. The number of amides is 1. The summed E-state index contributed by atoms with van der Waals surface area (Å²) in [5.41, 5.74) is 1.65. The van der Waals surface area contributed by atoms with E-state index in [9.17, 15) is 9.18 Å². The van der Waals surface area contributed by atoms with Crippen molar-refractivity contribution in [3.05, 3.63) is 93.3 Å². The summed E-state index contributed by atoms with van der Waals surface area (Å²) in [7, 11) is 0. The quantitative estimate of drug-likeness (QED) is 0.553. The summed E-state index contributed by atoms with van der Waals surface area (Å²) in [6.45, 7) is 0. The standard InChI is InChI=1S/C19H13ClFN3OS/c20-18-17(24-10-2-1-5-15(24)22-18)19(25)23-16(14-4-3-11-26-14)12-6-8-13(21)9-7-12/h1-11,16H,(H,23,25). The molecule has 1 N–H and O–H groups in total. The lowest BCUT2D eigenvalue weighted by Gasteiger charge is -2.18. The molecule has 4 aromatic rings. The second-order valence-electron chi connectivity index (χ2n) is 5.65. The maximum absolute atomic E-state index is 13.3. The number of fused-ring (bicyclic) bond motifs is 1. The van der Waals surface area contributed by atoms with E-state index in [0.717, 1.165) is 10.4 Å². The van der Waals surface area contributed by atoms with Crippen LogP contribution in [-0.4, -0.2) is 15.3 Å². The molecule has 1 atom stereocenters. The SMILES string of the molecule is O=C(NC(c1ccc(F)cc1)c1cccs1)c1c(Cl)nc2ccccn12. The van der Waals surface area contributed by atoms with E-state index in [4.69, 9.17) is 11.6 Å². The largest absolute Gasteiger partial charge is 0.339 e. The maximum Gasteiger partial charge on any atom is 0.272 e. The van der Waals surface area contributed by atoms with Crippen LogP contribution in [0.2, 0.25) is 5.15 Å². The van der Waals surface area contributed by atoms with Crippen molar-refractivity contribution < 1.29 is 9.18 Å². The molecule has 0 aliphatic heterocycles. The smallest absolute Gasteiger partial charge is 0.272 e. The number of nitrogens with zero attached hydrogens (tertiary/aromatic N) is 2. The van der Waals surface area contributed by atoms with E-state index in [1.807, 2.05) is 23.6 Å². The van der Waals surface area contributed by atoms with Crippen LogP contribution in [0, 0.1) is 5.82 Å². The molecule has 0 aliphatic carbocycles. The van der Waals surface area contributed by atoms with Gasteiger partial charge in [0, 0.05) is 11.1 Å². The van der Waals surface area contributed by atoms with Crippen LogP contribution in [0.5, 0.6) is 0 Å². The summed E-state index contributed by atoms with van der Waals surface area (Å²) in [5.74, 6) is -0.675. The predicted molar refractivity (Wildman–Crippen MR) is 100 cm³/mol. The first-order chi connectivity index (χ1) is 12.6. The third-order valence-electron chi connectivity index (χ3n) is 4.01. The third kappa shape index (κ3) is 3.09. The highest BCUT2D eigenvalue weighted by atomic mass is 35.5. The summed E-state index contributed by atoms with van der Waals surface area (Å²) >= 11 is 7.71. The molecule has 4 rings (SSSR count). The van der Waals surface area contributed by atoms with Crippen molar-refractivity contribution in [2.45, 2.75) is 6.04 Å². The highest BCUT2D eigenvalue weighted by molar-refractivity contribution is 7.10. The van der Waals surface area contributed by atoms with E-state index in [1.54, 1.807) is 34.9 Å². The van der Waals surface area contributed by atoms with Crippen molar-refractivity contribution >= 4 is 34.5 Å². The molecule has 0 fully saturated rings. The second-order valence-corrected chi connectivity index (χ2v) is 6.99. The van der Waals surface area contributed by atoms with Crippen LogP contribution in [0.4, 0.5) is 4.39 Å². The van der Waals surface area contributed by atoms with Crippen molar-refractivity contribution in [1.29, 1.82) is 0 Å². The van der Waals surface area contributed by atoms with Gasteiger partial charge in [0.25, 0.3) is 5.91 Å². The number of hydrogen-bond donors (Lipinski definition) is 1. The average molecular weight is 386 g/mol. The monoisotopic (exact) mass is 385 g/mol. The Morgan fingerprint density at radius 1 is 1.15 bits per heavy atom. The highest BCUT2D eigenvalue weighted by Gasteiger charge is 2.23. The number of aromatic nitrogens is 2. The minimum absolute atomic E-state index is 0.137. The molecule has 3 heterocycles. The van der Waals surface area contributed by atoms with Crippen LogP contribution in [0.3, 0.4) is 0 Å². The summed E-state index contributed by atoms with van der Waals surface area (Å²) in [4.78, 5) is 18.1. The fourth-order valence-corrected chi connectivity index (χ4v) is 3.87.